The van der Waals surface area contributed by atoms with Crippen molar-refractivity contribution in [1.82, 2.24) is 14.9 Å². The van der Waals surface area contributed by atoms with E-state index in [1.54, 1.807) is 24.2 Å². The van der Waals surface area contributed by atoms with Crippen LogP contribution in [0.5, 0.6) is 11.5 Å². The zero-order valence-electron chi connectivity index (χ0n) is 14.2. The molecule has 0 bridgehead atoms. The van der Waals surface area contributed by atoms with Crippen LogP contribution >= 0.6 is 0 Å². The van der Waals surface area contributed by atoms with E-state index in [-0.39, 0.29) is 18.6 Å². The maximum absolute atomic E-state index is 12.7. The number of carbonyl (C=O) groups excluding carboxylic acids is 1. The van der Waals surface area contributed by atoms with Gasteiger partial charge in [-0.1, -0.05) is 12.1 Å². The van der Waals surface area contributed by atoms with E-state index in [9.17, 15) is 4.79 Å². The molecule has 26 heavy (non-hydrogen) atoms. The zero-order valence-corrected chi connectivity index (χ0v) is 14.2. The molecule has 8 heteroatoms. The van der Waals surface area contributed by atoms with Crippen molar-refractivity contribution in [2.24, 2.45) is 0 Å². The van der Waals surface area contributed by atoms with Crippen molar-refractivity contribution in [3.8, 4) is 17.6 Å². The van der Waals surface area contributed by atoms with Crippen LogP contribution in [0.15, 0.2) is 36.7 Å². The first kappa shape index (κ1) is 16.1. The van der Waals surface area contributed by atoms with Gasteiger partial charge < -0.3 is 19.3 Å². The number of anilines is 1. The van der Waals surface area contributed by atoms with Gasteiger partial charge in [0.25, 0.3) is 5.91 Å². The van der Waals surface area contributed by atoms with Gasteiger partial charge in [0.2, 0.25) is 6.10 Å². The summed E-state index contributed by atoms with van der Waals surface area (Å²) < 4.78 is 11.4. The summed E-state index contributed by atoms with van der Waals surface area (Å²) in [5, 5.41) is 9.13. The molecule has 2 aliphatic rings. The molecule has 1 unspecified atom stereocenters. The van der Waals surface area contributed by atoms with Crippen molar-refractivity contribution in [2.75, 3.05) is 31.6 Å². The normalized spacial score (nSPS) is 18.6. The van der Waals surface area contributed by atoms with E-state index >= 15 is 0 Å². The Kier molecular flexibility index (Phi) is 4.05. The van der Waals surface area contributed by atoms with Crippen LogP contribution in [-0.2, 0) is 4.79 Å². The highest BCUT2D eigenvalue weighted by atomic mass is 16.6. The second kappa shape index (κ2) is 6.52. The molecule has 0 saturated carbocycles. The number of nitrogens with zero attached hydrogens (tertiary/aromatic N) is 5. The van der Waals surface area contributed by atoms with Gasteiger partial charge in [0.1, 0.15) is 12.7 Å². The van der Waals surface area contributed by atoms with Gasteiger partial charge in [0.05, 0.1) is 6.04 Å². The third-order valence-corrected chi connectivity index (χ3v) is 4.63. The molecule has 1 atom stereocenters. The van der Waals surface area contributed by atoms with Gasteiger partial charge in [-0.2, -0.15) is 5.26 Å². The predicted octanol–water partition coefficient (Wildman–Crippen LogP) is 0.835. The number of rotatable bonds is 3. The predicted molar refractivity (Wildman–Crippen MR) is 91.9 cm³/mol. The van der Waals surface area contributed by atoms with Crippen molar-refractivity contribution >= 4 is 11.7 Å². The average molecular weight is 351 g/mol. The molecule has 3 heterocycles. The Balaban J connectivity index is 1.38. The fourth-order valence-electron chi connectivity index (χ4n) is 3.06. The number of aromatic nitrogens is 2. The summed E-state index contributed by atoms with van der Waals surface area (Å²) in [4.78, 5) is 24.6. The van der Waals surface area contributed by atoms with Crippen LogP contribution in [0.1, 0.15) is 5.69 Å². The number of nitriles is 1. The highest BCUT2D eigenvalue weighted by Crippen LogP contribution is 2.32. The van der Waals surface area contributed by atoms with Gasteiger partial charge in [0, 0.05) is 32.5 Å². The van der Waals surface area contributed by atoms with Gasteiger partial charge >= 0.3 is 0 Å². The zero-order chi connectivity index (χ0) is 18.1. The Bertz CT molecular complexity index is 875. The number of amides is 1. The van der Waals surface area contributed by atoms with Crippen LogP contribution in [0.3, 0.4) is 0 Å². The first-order valence-corrected chi connectivity index (χ1v) is 8.28. The smallest absolute Gasteiger partial charge is 0.267 e. The van der Waals surface area contributed by atoms with E-state index in [4.69, 9.17) is 14.7 Å². The molecule has 1 aromatic carbocycles. The molecule has 2 aromatic rings. The third-order valence-electron chi connectivity index (χ3n) is 4.63. The van der Waals surface area contributed by atoms with Crippen LogP contribution in [0, 0.1) is 11.3 Å². The summed E-state index contributed by atoms with van der Waals surface area (Å²) in [5.41, 5.74) is 0.292. The number of fused-ring (bicyclic) bond motifs is 1. The molecule has 1 aromatic heterocycles. The number of para-hydroxylation sites is 2. The molecular formula is C18H17N5O3. The maximum atomic E-state index is 12.7. The fourth-order valence-corrected chi connectivity index (χ4v) is 3.06. The van der Waals surface area contributed by atoms with E-state index in [1.165, 1.54) is 6.20 Å². The lowest BCUT2D eigenvalue weighted by Gasteiger charge is -2.45. The van der Waals surface area contributed by atoms with Gasteiger partial charge in [-0.15, -0.1) is 0 Å². The molecule has 2 aliphatic heterocycles. The molecule has 1 saturated heterocycles. The number of hydrogen-bond acceptors (Lipinski definition) is 7. The standard InChI is InChI=1S/C18H17N5O3/c1-22(12-9-23(10-12)17-13(8-19)20-6-7-21-17)18(24)16-11-25-14-4-2-3-5-15(14)26-16/h2-7,12,16H,9-11H2,1H3. The topological polar surface area (TPSA) is 91.6 Å². The van der Waals surface area contributed by atoms with Crippen molar-refractivity contribution in [3.63, 3.8) is 0 Å². The summed E-state index contributed by atoms with van der Waals surface area (Å²) in [6.45, 7) is 1.39. The molecule has 0 N–H and O–H groups in total. The largest absolute Gasteiger partial charge is 0.485 e. The lowest BCUT2D eigenvalue weighted by molar-refractivity contribution is -0.142. The first-order valence-electron chi connectivity index (χ1n) is 8.28. The molecular weight excluding hydrogens is 334 g/mol. The van der Waals surface area contributed by atoms with E-state index in [0.717, 1.165) is 0 Å². The van der Waals surface area contributed by atoms with E-state index in [1.807, 2.05) is 29.2 Å². The number of likely N-dealkylation sites (N-methyl/N-ethyl adjacent to an activating group) is 1. The Hall–Kier alpha value is -3.34. The monoisotopic (exact) mass is 351 g/mol. The molecule has 1 fully saturated rings. The minimum Gasteiger partial charge on any atom is -0.485 e. The maximum Gasteiger partial charge on any atom is 0.267 e. The molecule has 0 spiro atoms. The van der Waals surface area contributed by atoms with Crippen molar-refractivity contribution in [2.45, 2.75) is 12.1 Å². The molecule has 4 rings (SSSR count). The second-order valence-corrected chi connectivity index (χ2v) is 6.21. The van der Waals surface area contributed by atoms with Crippen molar-refractivity contribution in [3.05, 3.63) is 42.4 Å². The SMILES string of the molecule is CN(C(=O)C1COc2ccccc2O1)C1CN(c2nccnc2C#N)C1. The minimum absolute atomic E-state index is 0.0248. The Morgan fingerprint density at radius 1 is 1.27 bits per heavy atom. The fraction of sp³-hybridized carbons (Fsp3) is 0.333. The van der Waals surface area contributed by atoms with Crippen LogP contribution in [-0.4, -0.2) is 59.7 Å². The highest BCUT2D eigenvalue weighted by molar-refractivity contribution is 5.82. The minimum atomic E-state index is -0.657. The summed E-state index contributed by atoms with van der Waals surface area (Å²) in [5.74, 6) is 1.67. The van der Waals surface area contributed by atoms with E-state index in [0.29, 0.717) is 36.1 Å². The molecule has 0 radical (unpaired) electrons. The molecule has 0 aliphatic carbocycles. The Morgan fingerprint density at radius 3 is 2.77 bits per heavy atom. The van der Waals surface area contributed by atoms with Gasteiger partial charge in [-0.3, -0.25) is 4.79 Å². The van der Waals surface area contributed by atoms with Crippen LogP contribution in [0.25, 0.3) is 0 Å². The van der Waals surface area contributed by atoms with Gasteiger partial charge in [-0.25, -0.2) is 9.97 Å². The Labute approximate surface area is 150 Å². The summed E-state index contributed by atoms with van der Waals surface area (Å²) in [7, 11) is 1.76. The quantitative estimate of drug-likeness (QED) is 0.809. The lowest BCUT2D eigenvalue weighted by atomic mass is 10.1. The van der Waals surface area contributed by atoms with E-state index in [2.05, 4.69) is 9.97 Å². The number of carbonyl (C=O) groups is 1. The summed E-state index contributed by atoms with van der Waals surface area (Å²) in [6, 6.07) is 9.38. The number of hydrogen-bond donors (Lipinski definition) is 0. The number of ether oxygens (including phenoxy) is 2. The summed E-state index contributed by atoms with van der Waals surface area (Å²) in [6.07, 6.45) is 2.39. The summed E-state index contributed by atoms with van der Waals surface area (Å²) >= 11 is 0. The second-order valence-electron chi connectivity index (χ2n) is 6.21. The molecule has 1 amide bonds. The van der Waals surface area contributed by atoms with E-state index < -0.39 is 6.10 Å². The highest BCUT2D eigenvalue weighted by Gasteiger charge is 2.38. The number of benzene rings is 1. The first-order chi connectivity index (χ1) is 12.7. The van der Waals surface area contributed by atoms with Crippen LogP contribution < -0.4 is 14.4 Å². The molecule has 132 valence electrons. The van der Waals surface area contributed by atoms with Crippen molar-refractivity contribution < 1.29 is 14.3 Å². The van der Waals surface area contributed by atoms with Gasteiger partial charge in [0.15, 0.2) is 23.0 Å². The van der Waals surface area contributed by atoms with Crippen molar-refractivity contribution in [1.29, 1.82) is 5.26 Å². The van der Waals surface area contributed by atoms with Crippen LogP contribution in [0.4, 0.5) is 5.82 Å². The molecule has 8 nitrogen and oxygen atoms in total. The third kappa shape index (κ3) is 2.77. The van der Waals surface area contributed by atoms with Crippen LogP contribution in [0.2, 0.25) is 0 Å². The lowest BCUT2D eigenvalue weighted by Crippen LogP contribution is -2.62. The van der Waals surface area contributed by atoms with Gasteiger partial charge in [-0.05, 0) is 12.1 Å². The average Bonchev–Trinajstić information content (AvgIpc) is 2.66. The Morgan fingerprint density at radius 2 is 2.00 bits per heavy atom.